The van der Waals surface area contributed by atoms with E-state index < -0.39 is 10.0 Å². The third kappa shape index (κ3) is 5.98. The molecule has 0 radical (unpaired) electrons. The quantitative estimate of drug-likeness (QED) is 0.253. The smallest absolute Gasteiger partial charge is 0.240 e. The van der Waals surface area contributed by atoms with Crippen LogP contribution in [0.2, 0.25) is 10.0 Å². The number of aromatic nitrogens is 3. The van der Waals surface area contributed by atoms with Crippen LogP contribution in [-0.2, 0) is 22.3 Å². The summed E-state index contributed by atoms with van der Waals surface area (Å²) in [5.41, 5.74) is 1.69. The van der Waals surface area contributed by atoms with E-state index in [0.29, 0.717) is 32.5 Å². The molecule has 0 bridgehead atoms. The molecule has 4 rings (SSSR count). The highest BCUT2D eigenvalue weighted by Crippen LogP contribution is 2.31. The van der Waals surface area contributed by atoms with Crippen LogP contribution < -0.4 is 4.72 Å². The van der Waals surface area contributed by atoms with Crippen molar-refractivity contribution in [1.82, 2.24) is 19.5 Å². The maximum Gasteiger partial charge on any atom is 0.240 e. The van der Waals surface area contributed by atoms with E-state index in [-0.39, 0.29) is 11.4 Å². The summed E-state index contributed by atoms with van der Waals surface area (Å²) in [4.78, 5) is 0.149. The van der Waals surface area contributed by atoms with Crippen LogP contribution in [0.25, 0.3) is 5.69 Å². The Kier molecular flexibility index (Phi) is 7.78. The lowest BCUT2D eigenvalue weighted by Gasteiger charge is -2.13. The molecule has 170 valence electrons. The number of halogens is 3. The molecule has 1 aromatic heterocycles. The summed E-state index contributed by atoms with van der Waals surface area (Å²) in [6.07, 6.45) is 0. The highest BCUT2D eigenvalue weighted by Gasteiger charge is 2.20. The molecule has 4 aromatic rings. The van der Waals surface area contributed by atoms with Gasteiger partial charge in [-0.25, -0.2) is 13.1 Å². The first-order valence-electron chi connectivity index (χ1n) is 9.65. The summed E-state index contributed by atoms with van der Waals surface area (Å²) in [5, 5.41) is 10.0. The third-order valence-corrected chi connectivity index (χ3v) is 8.11. The maximum absolute atomic E-state index is 12.8. The monoisotopic (exact) mass is 582 g/mol. The average Bonchev–Trinajstić information content (AvgIpc) is 3.21. The van der Waals surface area contributed by atoms with Gasteiger partial charge in [0, 0.05) is 15.2 Å². The summed E-state index contributed by atoms with van der Waals surface area (Å²) < 4.78 is 30.6. The Bertz CT molecular complexity index is 1370. The molecule has 0 fully saturated rings. The zero-order valence-electron chi connectivity index (χ0n) is 17.0. The summed E-state index contributed by atoms with van der Waals surface area (Å²) in [6, 6.07) is 21.4. The fourth-order valence-electron chi connectivity index (χ4n) is 2.99. The Hall–Kier alpha value is -1.88. The van der Waals surface area contributed by atoms with Crippen LogP contribution in [0.15, 0.2) is 87.3 Å². The van der Waals surface area contributed by atoms with Crippen molar-refractivity contribution in [2.24, 2.45) is 0 Å². The molecule has 1 N–H and O–H groups in total. The highest BCUT2D eigenvalue weighted by atomic mass is 79.9. The second-order valence-corrected chi connectivity index (χ2v) is 11.4. The van der Waals surface area contributed by atoms with Gasteiger partial charge in [-0.15, -0.1) is 10.2 Å². The molecular weight excluding hydrogens is 567 g/mol. The minimum Gasteiger partial charge on any atom is -0.271 e. The SMILES string of the molecule is O=S(=O)(NCc1nnc(SCc2ccccc2)n1-c1cc(Cl)ccc1Cl)c1ccc(Br)cc1. The van der Waals surface area contributed by atoms with Crippen LogP contribution in [0.5, 0.6) is 0 Å². The lowest BCUT2D eigenvalue weighted by molar-refractivity contribution is 0.578. The predicted molar refractivity (Wildman–Crippen MR) is 136 cm³/mol. The fraction of sp³-hybridized carbons (Fsp3) is 0.0909. The third-order valence-electron chi connectivity index (χ3n) is 4.60. The van der Waals surface area contributed by atoms with Crippen molar-refractivity contribution in [3.05, 3.63) is 98.7 Å². The van der Waals surface area contributed by atoms with E-state index in [2.05, 4.69) is 30.8 Å². The number of nitrogens with zero attached hydrogens (tertiary/aromatic N) is 3. The van der Waals surface area contributed by atoms with E-state index in [1.165, 1.54) is 23.9 Å². The number of hydrogen-bond acceptors (Lipinski definition) is 5. The van der Waals surface area contributed by atoms with E-state index in [1.807, 2.05) is 30.3 Å². The maximum atomic E-state index is 12.8. The van der Waals surface area contributed by atoms with Gasteiger partial charge in [0.25, 0.3) is 0 Å². The summed E-state index contributed by atoms with van der Waals surface area (Å²) in [7, 11) is -3.76. The van der Waals surface area contributed by atoms with Crippen LogP contribution in [0, 0.1) is 0 Å². The highest BCUT2D eigenvalue weighted by molar-refractivity contribution is 9.10. The second kappa shape index (κ2) is 10.6. The average molecular weight is 584 g/mol. The first kappa shape index (κ1) is 24.3. The molecule has 3 aromatic carbocycles. The van der Waals surface area contributed by atoms with Crippen LogP contribution in [-0.4, -0.2) is 23.2 Å². The van der Waals surface area contributed by atoms with Crippen LogP contribution in [0.4, 0.5) is 0 Å². The van der Waals surface area contributed by atoms with Crippen LogP contribution >= 0.6 is 50.9 Å². The van der Waals surface area contributed by atoms with Gasteiger partial charge in [-0.1, -0.05) is 81.2 Å². The van der Waals surface area contributed by atoms with E-state index >= 15 is 0 Å². The Morgan fingerprint density at radius 2 is 1.70 bits per heavy atom. The lowest BCUT2D eigenvalue weighted by Crippen LogP contribution is -2.25. The molecule has 6 nitrogen and oxygen atoms in total. The van der Waals surface area contributed by atoms with Crippen molar-refractivity contribution in [1.29, 1.82) is 0 Å². The van der Waals surface area contributed by atoms with Gasteiger partial charge in [0.15, 0.2) is 11.0 Å². The van der Waals surface area contributed by atoms with Gasteiger partial charge in [-0.2, -0.15) is 0 Å². The number of nitrogens with one attached hydrogen (secondary N) is 1. The number of rotatable bonds is 8. The van der Waals surface area contributed by atoms with E-state index in [1.54, 1.807) is 34.9 Å². The predicted octanol–water partition coefficient (Wildman–Crippen LogP) is 6.11. The number of sulfonamides is 1. The van der Waals surface area contributed by atoms with Gasteiger partial charge < -0.3 is 0 Å². The molecule has 11 heteroatoms. The molecule has 0 aliphatic rings. The van der Waals surface area contributed by atoms with Crippen LogP contribution in [0.1, 0.15) is 11.4 Å². The van der Waals surface area contributed by atoms with E-state index in [0.717, 1.165) is 10.0 Å². The Morgan fingerprint density at radius 1 is 0.970 bits per heavy atom. The van der Waals surface area contributed by atoms with Crippen molar-refractivity contribution < 1.29 is 8.42 Å². The topological polar surface area (TPSA) is 76.9 Å². The van der Waals surface area contributed by atoms with Crippen molar-refractivity contribution in [2.75, 3.05) is 0 Å². The van der Waals surface area contributed by atoms with Gasteiger partial charge in [0.1, 0.15) is 0 Å². The molecule has 0 aliphatic carbocycles. The molecule has 1 heterocycles. The molecule has 0 spiro atoms. The van der Waals surface area contributed by atoms with E-state index in [4.69, 9.17) is 23.2 Å². The van der Waals surface area contributed by atoms with Gasteiger partial charge >= 0.3 is 0 Å². The number of benzene rings is 3. The zero-order chi connectivity index (χ0) is 23.4. The fourth-order valence-corrected chi connectivity index (χ4v) is 5.52. The molecule has 0 amide bonds. The minimum atomic E-state index is -3.76. The van der Waals surface area contributed by atoms with Crippen molar-refractivity contribution in [2.45, 2.75) is 22.3 Å². The standard InChI is InChI=1S/C22H17BrCl2N4O2S2/c23-16-6-9-18(10-7-16)33(30,31)26-13-21-27-28-22(32-14-15-4-2-1-3-5-15)29(21)20-12-17(24)8-11-19(20)25/h1-12,26H,13-14H2. The summed E-state index contributed by atoms with van der Waals surface area (Å²) in [5.74, 6) is 1.04. The van der Waals surface area contributed by atoms with Crippen molar-refractivity contribution >= 4 is 60.9 Å². The molecule has 0 saturated heterocycles. The zero-order valence-corrected chi connectivity index (χ0v) is 21.7. The Labute approximate surface area is 214 Å². The Morgan fingerprint density at radius 3 is 2.42 bits per heavy atom. The largest absolute Gasteiger partial charge is 0.271 e. The van der Waals surface area contributed by atoms with Crippen molar-refractivity contribution in [3.8, 4) is 5.69 Å². The number of hydrogen-bond donors (Lipinski definition) is 1. The minimum absolute atomic E-state index is 0.0832. The molecule has 0 aliphatic heterocycles. The molecular formula is C22H17BrCl2N4O2S2. The van der Waals surface area contributed by atoms with Crippen molar-refractivity contribution in [3.63, 3.8) is 0 Å². The molecule has 0 unspecified atom stereocenters. The molecule has 0 atom stereocenters. The normalized spacial score (nSPS) is 11.6. The van der Waals surface area contributed by atoms with E-state index in [9.17, 15) is 8.42 Å². The van der Waals surface area contributed by atoms with Gasteiger partial charge in [-0.05, 0) is 48.0 Å². The first-order chi connectivity index (χ1) is 15.8. The molecule has 33 heavy (non-hydrogen) atoms. The van der Waals surface area contributed by atoms with Gasteiger partial charge in [-0.3, -0.25) is 4.57 Å². The number of thioether (sulfide) groups is 1. The lowest BCUT2D eigenvalue weighted by atomic mass is 10.2. The van der Waals surface area contributed by atoms with Crippen LogP contribution in [0.3, 0.4) is 0 Å². The van der Waals surface area contributed by atoms with Gasteiger partial charge in [0.05, 0.1) is 22.2 Å². The summed E-state index contributed by atoms with van der Waals surface area (Å²) >= 11 is 17.5. The molecule has 0 saturated carbocycles. The first-order valence-corrected chi connectivity index (χ1v) is 13.7. The second-order valence-electron chi connectivity index (χ2n) is 6.88. The Balaban J connectivity index is 1.65. The van der Waals surface area contributed by atoms with Gasteiger partial charge in [0.2, 0.25) is 10.0 Å². The summed E-state index contributed by atoms with van der Waals surface area (Å²) in [6.45, 7) is -0.0832.